The predicted molar refractivity (Wildman–Crippen MR) is 69.9 cm³/mol. The number of nitrogens with one attached hydrogen (secondary N) is 1. The SMILES string of the molecule is COC(=O)c1sccc1NS(=O)(=O)CC(N)=S. The number of hydrogen-bond donors (Lipinski definition) is 2. The fraction of sp³-hybridized carbons (Fsp3) is 0.250. The van der Waals surface area contributed by atoms with Gasteiger partial charge in [-0.15, -0.1) is 11.3 Å². The number of hydrogen-bond acceptors (Lipinski definition) is 6. The third-order valence-electron chi connectivity index (χ3n) is 1.63. The molecule has 0 saturated heterocycles. The molecule has 9 heteroatoms. The number of sulfonamides is 1. The van der Waals surface area contributed by atoms with Crippen molar-refractivity contribution in [3.8, 4) is 0 Å². The number of thiophene rings is 1. The molecule has 0 bridgehead atoms. The molecule has 1 aromatic heterocycles. The molecule has 1 heterocycles. The zero-order valence-corrected chi connectivity index (χ0v) is 11.2. The summed E-state index contributed by atoms with van der Waals surface area (Å²) >= 11 is 5.59. The summed E-state index contributed by atoms with van der Waals surface area (Å²) in [6, 6.07) is 1.47. The molecule has 3 N–H and O–H groups in total. The molecule has 0 unspecified atom stereocenters. The van der Waals surface area contributed by atoms with Crippen molar-refractivity contribution < 1.29 is 17.9 Å². The molecule has 0 aliphatic heterocycles. The lowest BCUT2D eigenvalue weighted by atomic mass is 10.4. The Balaban J connectivity index is 2.93. The Morgan fingerprint density at radius 3 is 2.82 bits per heavy atom. The molecule has 94 valence electrons. The Kier molecular flexibility index (Phi) is 4.43. The van der Waals surface area contributed by atoms with Gasteiger partial charge in [-0.2, -0.15) is 0 Å². The summed E-state index contributed by atoms with van der Waals surface area (Å²) in [7, 11) is -2.47. The van der Waals surface area contributed by atoms with Crippen LogP contribution in [-0.4, -0.2) is 32.2 Å². The third kappa shape index (κ3) is 3.95. The summed E-state index contributed by atoms with van der Waals surface area (Å²) in [5.41, 5.74) is 5.32. The van der Waals surface area contributed by atoms with Crippen LogP contribution in [0.1, 0.15) is 9.67 Å². The van der Waals surface area contributed by atoms with Crippen LogP contribution in [0.25, 0.3) is 0 Å². The van der Waals surface area contributed by atoms with Gasteiger partial charge in [0.1, 0.15) is 10.6 Å². The van der Waals surface area contributed by atoms with Gasteiger partial charge in [-0.25, -0.2) is 13.2 Å². The second kappa shape index (κ2) is 5.43. The zero-order chi connectivity index (χ0) is 13.1. The quantitative estimate of drug-likeness (QED) is 0.608. The molecule has 6 nitrogen and oxygen atoms in total. The molecular weight excluding hydrogens is 284 g/mol. The normalized spacial score (nSPS) is 10.9. The fourth-order valence-corrected chi connectivity index (χ4v) is 3.28. The van der Waals surface area contributed by atoms with Gasteiger partial charge < -0.3 is 10.5 Å². The predicted octanol–water partition coefficient (Wildman–Crippen LogP) is 0.563. The van der Waals surface area contributed by atoms with Gasteiger partial charge in [-0.3, -0.25) is 4.72 Å². The highest BCUT2D eigenvalue weighted by Crippen LogP contribution is 2.24. The lowest BCUT2D eigenvalue weighted by Gasteiger charge is -2.06. The Bertz CT molecular complexity index is 535. The smallest absolute Gasteiger partial charge is 0.350 e. The van der Waals surface area contributed by atoms with Gasteiger partial charge in [0.15, 0.2) is 0 Å². The summed E-state index contributed by atoms with van der Waals surface area (Å²) in [5.74, 6) is -1.08. The molecule has 0 aliphatic rings. The van der Waals surface area contributed by atoms with Gasteiger partial charge >= 0.3 is 5.97 Å². The van der Waals surface area contributed by atoms with Gasteiger partial charge in [0.05, 0.1) is 17.8 Å². The highest BCUT2D eigenvalue weighted by atomic mass is 32.2. The fourth-order valence-electron chi connectivity index (χ4n) is 1.03. The maximum absolute atomic E-state index is 11.5. The molecule has 0 saturated carbocycles. The Morgan fingerprint density at radius 2 is 2.29 bits per heavy atom. The van der Waals surface area contributed by atoms with E-state index in [9.17, 15) is 13.2 Å². The van der Waals surface area contributed by atoms with E-state index in [4.69, 9.17) is 5.73 Å². The standard InChI is InChI=1S/C8H10N2O4S3/c1-14-8(11)7-5(2-3-16-7)10-17(12,13)4-6(9)15/h2-3,10H,4H2,1H3,(H2,9,15). The summed E-state index contributed by atoms with van der Waals surface area (Å²) in [4.78, 5) is 11.3. The number of nitrogens with two attached hydrogens (primary N) is 1. The van der Waals surface area contributed by atoms with Crippen molar-refractivity contribution in [2.24, 2.45) is 5.73 Å². The Labute approximate surface area is 108 Å². The number of carbonyl (C=O) groups excluding carboxylic acids is 1. The molecule has 1 rings (SSSR count). The van der Waals surface area contributed by atoms with Crippen LogP contribution < -0.4 is 10.5 Å². The molecule has 0 atom stereocenters. The van der Waals surface area contributed by atoms with E-state index >= 15 is 0 Å². The first-order valence-corrected chi connectivity index (χ1v) is 7.24. The number of ether oxygens (including phenoxy) is 1. The molecule has 0 aromatic carbocycles. The van der Waals surface area contributed by atoms with Gasteiger partial charge in [-0.1, -0.05) is 12.2 Å². The van der Waals surface area contributed by atoms with Crippen LogP contribution in [0, 0.1) is 0 Å². The van der Waals surface area contributed by atoms with Crippen molar-refractivity contribution in [3.05, 3.63) is 16.3 Å². The van der Waals surface area contributed by atoms with E-state index in [2.05, 4.69) is 21.7 Å². The van der Waals surface area contributed by atoms with Crippen molar-refractivity contribution in [2.45, 2.75) is 0 Å². The molecular formula is C8H10N2O4S3. The Hall–Kier alpha value is -1.19. The number of carbonyl (C=O) groups is 1. The lowest BCUT2D eigenvalue weighted by Crippen LogP contribution is -2.26. The van der Waals surface area contributed by atoms with Crippen molar-refractivity contribution in [3.63, 3.8) is 0 Å². The van der Waals surface area contributed by atoms with Crippen molar-refractivity contribution in [2.75, 3.05) is 17.6 Å². The van der Waals surface area contributed by atoms with Crippen LogP contribution in [0.15, 0.2) is 11.4 Å². The van der Waals surface area contributed by atoms with Gasteiger partial charge in [-0.05, 0) is 11.4 Å². The molecule has 0 fully saturated rings. The maximum Gasteiger partial charge on any atom is 0.350 e. The number of anilines is 1. The van der Waals surface area contributed by atoms with E-state index in [0.29, 0.717) is 0 Å². The maximum atomic E-state index is 11.5. The Morgan fingerprint density at radius 1 is 1.65 bits per heavy atom. The molecule has 0 aliphatic carbocycles. The molecule has 17 heavy (non-hydrogen) atoms. The number of esters is 1. The van der Waals surface area contributed by atoms with E-state index < -0.39 is 21.7 Å². The van der Waals surface area contributed by atoms with E-state index in [1.54, 1.807) is 5.38 Å². The largest absolute Gasteiger partial charge is 0.465 e. The average Bonchev–Trinajstić information content (AvgIpc) is 2.61. The van der Waals surface area contributed by atoms with Gasteiger partial charge in [0, 0.05) is 0 Å². The van der Waals surface area contributed by atoms with E-state index in [-0.39, 0.29) is 15.6 Å². The number of methoxy groups -OCH3 is 1. The minimum atomic E-state index is -3.69. The monoisotopic (exact) mass is 294 g/mol. The first kappa shape index (κ1) is 13.9. The molecule has 0 radical (unpaired) electrons. The summed E-state index contributed by atoms with van der Waals surface area (Å²) in [6.07, 6.45) is 0. The van der Waals surface area contributed by atoms with Crippen LogP contribution in [0.4, 0.5) is 5.69 Å². The minimum Gasteiger partial charge on any atom is -0.465 e. The summed E-state index contributed by atoms with van der Waals surface area (Å²) < 4.78 is 29.8. The van der Waals surface area contributed by atoms with Gasteiger partial charge in [0.2, 0.25) is 10.0 Å². The number of thiocarbonyl (C=S) groups is 1. The van der Waals surface area contributed by atoms with Crippen LogP contribution in [0.5, 0.6) is 0 Å². The van der Waals surface area contributed by atoms with Crippen LogP contribution in [-0.2, 0) is 14.8 Å². The van der Waals surface area contributed by atoms with E-state index in [1.165, 1.54) is 13.2 Å². The molecule has 1 aromatic rings. The first-order chi connectivity index (χ1) is 7.85. The van der Waals surface area contributed by atoms with Crippen LogP contribution in [0.3, 0.4) is 0 Å². The van der Waals surface area contributed by atoms with E-state index in [0.717, 1.165) is 11.3 Å². The third-order valence-corrected chi connectivity index (χ3v) is 4.08. The highest BCUT2D eigenvalue weighted by Gasteiger charge is 2.19. The summed E-state index contributed by atoms with van der Waals surface area (Å²) in [5, 5.41) is 1.57. The van der Waals surface area contributed by atoms with Crippen molar-refractivity contribution >= 4 is 50.2 Å². The van der Waals surface area contributed by atoms with Gasteiger partial charge in [0.25, 0.3) is 0 Å². The first-order valence-electron chi connectivity index (χ1n) is 4.30. The molecule has 0 amide bonds. The zero-order valence-electron chi connectivity index (χ0n) is 8.80. The van der Waals surface area contributed by atoms with E-state index in [1.807, 2.05) is 0 Å². The number of rotatable bonds is 5. The molecule has 0 spiro atoms. The minimum absolute atomic E-state index is 0.146. The average molecular weight is 294 g/mol. The van der Waals surface area contributed by atoms with Crippen molar-refractivity contribution in [1.82, 2.24) is 0 Å². The van der Waals surface area contributed by atoms with Crippen molar-refractivity contribution in [1.29, 1.82) is 0 Å². The van der Waals surface area contributed by atoms with Crippen LogP contribution in [0.2, 0.25) is 0 Å². The summed E-state index contributed by atoms with van der Waals surface area (Å²) in [6.45, 7) is 0. The van der Waals surface area contributed by atoms with Crippen LogP contribution >= 0.6 is 23.6 Å². The topological polar surface area (TPSA) is 98.5 Å². The highest BCUT2D eigenvalue weighted by molar-refractivity contribution is 7.95. The second-order valence-electron chi connectivity index (χ2n) is 2.98. The second-order valence-corrected chi connectivity index (χ2v) is 6.15. The lowest BCUT2D eigenvalue weighted by molar-refractivity contribution is 0.0607.